The van der Waals surface area contributed by atoms with Crippen molar-refractivity contribution in [1.82, 2.24) is 9.55 Å². The number of nitrogens with one attached hydrogen (secondary N) is 1. The van der Waals surface area contributed by atoms with Gasteiger partial charge in [-0.2, -0.15) is 0 Å². The summed E-state index contributed by atoms with van der Waals surface area (Å²) in [5.74, 6) is 0.888. The highest BCUT2D eigenvalue weighted by atomic mass is 127. The molecule has 0 spiro atoms. The zero-order valence-electron chi connectivity index (χ0n) is 9.31. The zero-order valence-corrected chi connectivity index (χ0v) is 11.5. The van der Waals surface area contributed by atoms with Crippen molar-refractivity contribution in [3.63, 3.8) is 0 Å². The summed E-state index contributed by atoms with van der Waals surface area (Å²) < 4.78 is 3.28. The van der Waals surface area contributed by atoms with Crippen LogP contribution in [-0.2, 0) is 0 Å². The summed E-state index contributed by atoms with van der Waals surface area (Å²) in [4.78, 5) is 4.32. The van der Waals surface area contributed by atoms with Crippen molar-refractivity contribution in [2.24, 2.45) is 0 Å². The fourth-order valence-corrected chi connectivity index (χ4v) is 2.16. The Morgan fingerprint density at radius 2 is 2.06 bits per heavy atom. The maximum atomic E-state index is 4.32. The van der Waals surface area contributed by atoms with Gasteiger partial charge in [-0.15, -0.1) is 0 Å². The van der Waals surface area contributed by atoms with E-state index in [2.05, 4.69) is 63.4 Å². The molecule has 0 aliphatic rings. The maximum absolute atomic E-state index is 4.32. The molecule has 0 atom stereocenters. The summed E-state index contributed by atoms with van der Waals surface area (Å²) in [6.45, 7) is 4.21. The first-order valence-corrected chi connectivity index (χ1v) is 6.31. The van der Waals surface area contributed by atoms with E-state index in [1.54, 1.807) is 0 Å². The predicted molar refractivity (Wildman–Crippen MR) is 75.0 cm³/mol. The second-order valence-electron chi connectivity index (χ2n) is 3.87. The lowest BCUT2D eigenvalue weighted by Gasteiger charge is -2.13. The van der Waals surface area contributed by atoms with Crippen LogP contribution in [0.4, 0.5) is 5.95 Å². The minimum Gasteiger partial charge on any atom is -0.353 e. The molecule has 0 aliphatic heterocycles. The van der Waals surface area contributed by atoms with Gasteiger partial charge in [0, 0.05) is 22.0 Å². The Morgan fingerprint density at radius 3 is 2.75 bits per heavy atom. The van der Waals surface area contributed by atoms with E-state index in [1.165, 1.54) is 3.57 Å². The lowest BCUT2D eigenvalue weighted by Crippen LogP contribution is -2.14. The predicted octanol–water partition coefficient (Wildman–Crippen LogP) is 3.30. The monoisotopic (exact) mass is 327 g/mol. The number of benzene rings is 1. The minimum atomic E-state index is 0.377. The highest BCUT2D eigenvalue weighted by Crippen LogP contribution is 2.20. The molecule has 1 aromatic heterocycles. The van der Waals surface area contributed by atoms with E-state index in [4.69, 9.17) is 0 Å². The Kier molecular flexibility index (Phi) is 3.48. The summed E-state index contributed by atoms with van der Waals surface area (Å²) in [7, 11) is 0. The van der Waals surface area contributed by atoms with E-state index in [9.17, 15) is 0 Å². The summed E-state index contributed by atoms with van der Waals surface area (Å²) in [6.07, 6.45) is 3.79. The lowest BCUT2D eigenvalue weighted by molar-refractivity contribution is 0.863. The first-order valence-electron chi connectivity index (χ1n) is 5.23. The molecule has 1 heterocycles. The Balaban J connectivity index is 2.41. The van der Waals surface area contributed by atoms with Gasteiger partial charge < -0.3 is 5.32 Å². The van der Waals surface area contributed by atoms with Gasteiger partial charge in [-0.05, 0) is 48.6 Å². The van der Waals surface area contributed by atoms with Crippen LogP contribution in [0.15, 0.2) is 36.7 Å². The molecule has 4 heteroatoms. The fourth-order valence-electron chi connectivity index (χ4n) is 1.51. The fraction of sp³-hybridized carbons (Fsp3) is 0.250. The van der Waals surface area contributed by atoms with Gasteiger partial charge >= 0.3 is 0 Å². The molecule has 84 valence electrons. The van der Waals surface area contributed by atoms with E-state index >= 15 is 0 Å². The van der Waals surface area contributed by atoms with Crippen molar-refractivity contribution in [3.05, 3.63) is 40.2 Å². The molecule has 0 unspecified atom stereocenters. The summed E-state index contributed by atoms with van der Waals surface area (Å²) >= 11 is 2.34. The Hall–Kier alpha value is -1.04. The molecule has 16 heavy (non-hydrogen) atoms. The zero-order chi connectivity index (χ0) is 11.5. The van der Waals surface area contributed by atoms with Crippen LogP contribution in [0.1, 0.15) is 13.8 Å². The van der Waals surface area contributed by atoms with Crippen molar-refractivity contribution in [2.45, 2.75) is 19.9 Å². The van der Waals surface area contributed by atoms with Crippen molar-refractivity contribution >= 4 is 28.5 Å². The minimum absolute atomic E-state index is 0.377. The van der Waals surface area contributed by atoms with Crippen molar-refractivity contribution < 1.29 is 0 Å². The maximum Gasteiger partial charge on any atom is 0.207 e. The van der Waals surface area contributed by atoms with Gasteiger partial charge in [0.1, 0.15) is 0 Å². The number of halogens is 1. The van der Waals surface area contributed by atoms with E-state index in [-0.39, 0.29) is 0 Å². The Morgan fingerprint density at radius 1 is 1.31 bits per heavy atom. The SMILES string of the molecule is CC(C)Nc1nccn1-c1ccccc1I. The molecular weight excluding hydrogens is 313 g/mol. The van der Waals surface area contributed by atoms with Crippen LogP contribution < -0.4 is 5.32 Å². The third-order valence-corrected chi connectivity index (χ3v) is 3.08. The van der Waals surface area contributed by atoms with Gasteiger partial charge in [0.2, 0.25) is 5.95 Å². The van der Waals surface area contributed by atoms with Crippen LogP contribution in [0.3, 0.4) is 0 Å². The molecule has 3 nitrogen and oxygen atoms in total. The van der Waals surface area contributed by atoms with Gasteiger partial charge in [0.05, 0.1) is 5.69 Å². The van der Waals surface area contributed by atoms with E-state index in [1.807, 2.05) is 24.5 Å². The van der Waals surface area contributed by atoms with Crippen molar-refractivity contribution in [1.29, 1.82) is 0 Å². The van der Waals surface area contributed by atoms with Gasteiger partial charge in [-0.1, -0.05) is 12.1 Å². The van der Waals surface area contributed by atoms with Gasteiger partial charge in [0.25, 0.3) is 0 Å². The number of imidazole rings is 1. The number of aromatic nitrogens is 2. The first kappa shape index (κ1) is 11.4. The molecule has 0 amide bonds. The molecule has 0 fully saturated rings. The molecule has 0 saturated carbocycles. The van der Waals surface area contributed by atoms with Gasteiger partial charge in [-0.25, -0.2) is 4.98 Å². The number of nitrogens with zero attached hydrogens (tertiary/aromatic N) is 2. The Labute approximate surface area is 109 Å². The second-order valence-corrected chi connectivity index (χ2v) is 5.03. The van der Waals surface area contributed by atoms with Crippen molar-refractivity contribution in [3.8, 4) is 5.69 Å². The summed E-state index contributed by atoms with van der Waals surface area (Å²) in [5, 5.41) is 3.33. The summed E-state index contributed by atoms with van der Waals surface area (Å²) in [5.41, 5.74) is 1.16. The second kappa shape index (κ2) is 4.86. The average molecular weight is 327 g/mol. The van der Waals surface area contributed by atoms with Crippen molar-refractivity contribution in [2.75, 3.05) is 5.32 Å². The largest absolute Gasteiger partial charge is 0.353 e. The molecule has 0 saturated heterocycles. The van der Waals surface area contributed by atoms with Gasteiger partial charge in [-0.3, -0.25) is 4.57 Å². The highest BCUT2D eigenvalue weighted by Gasteiger charge is 2.07. The first-order chi connectivity index (χ1) is 7.68. The molecule has 0 aliphatic carbocycles. The van der Waals surface area contributed by atoms with E-state index < -0.39 is 0 Å². The number of anilines is 1. The molecule has 0 radical (unpaired) electrons. The van der Waals surface area contributed by atoms with Crippen LogP contribution in [0, 0.1) is 3.57 Å². The Bertz CT molecular complexity index is 477. The topological polar surface area (TPSA) is 29.9 Å². The van der Waals surface area contributed by atoms with Crippen LogP contribution in [-0.4, -0.2) is 15.6 Å². The molecule has 0 bridgehead atoms. The quantitative estimate of drug-likeness (QED) is 0.877. The third-order valence-electron chi connectivity index (χ3n) is 2.17. The molecule has 2 rings (SSSR count). The molecule has 1 aromatic carbocycles. The molecule has 1 N–H and O–H groups in total. The number of para-hydroxylation sites is 1. The molecule has 2 aromatic rings. The highest BCUT2D eigenvalue weighted by molar-refractivity contribution is 14.1. The van der Waals surface area contributed by atoms with Crippen LogP contribution in [0.2, 0.25) is 0 Å². The number of rotatable bonds is 3. The lowest BCUT2D eigenvalue weighted by atomic mass is 10.3. The van der Waals surface area contributed by atoms with Crippen LogP contribution in [0.5, 0.6) is 0 Å². The standard InChI is InChI=1S/C12H14IN3/c1-9(2)15-12-14-7-8-16(12)11-6-4-3-5-10(11)13/h3-9H,1-2H3,(H,14,15). The number of hydrogen-bond donors (Lipinski definition) is 1. The van der Waals surface area contributed by atoms with Gasteiger partial charge in [0.15, 0.2) is 0 Å². The van der Waals surface area contributed by atoms with Crippen LogP contribution in [0.25, 0.3) is 5.69 Å². The van der Waals surface area contributed by atoms with Crippen LogP contribution >= 0.6 is 22.6 Å². The number of hydrogen-bond acceptors (Lipinski definition) is 2. The van der Waals surface area contributed by atoms with E-state index in [0.29, 0.717) is 6.04 Å². The van der Waals surface area contributed by atoms with E-state index in [0.717, 1.165) is 11.6 Å². The molecular formula is C12H14IN3. The smallest absolute Gasteiger partial charge is 0.207 e. The third kappa shape index (κ3) is 2.37. The normalized spacial score (nSPS) is 10.8. The summed E-state index contributed by atoms with van der Waals surface area (Å²) in [6, 6.07) is 8.64. The average Bonchev–Trinajstić information content (AvgIpc) is 2.66.